The van der Waals surface area contributed by atoms with Crippen molar-refractivity contribution < 1.29 is 4.79 Å². The number of fused-ring (bicyclic) bond motifs is 1. The van der Waals surface area contributed by atoms with Gasteiger partial charge in [0.25, 0.3) is 5.91 Å². The number of hydrogen-bond acceptors (Lipinski definition) is 5. The first kappa shape index (κ1) is 16.0. The molecular weight excluding hydrogens is 350 g/mol. The second-order valence-electron chi connectivity index (χ2n) is 4.58. The van der Waals surface area contributed by atoms with Crippen molar-refractivity contribution in [3.05, 3.63) is 59.1 Å². The highest BCUT2D eigenvalue weighted by Crippen LogP contribution is 2.28. The number of carbonyl (C=O) groups is 1. The molecule has 0 saturated heterocycles. The number of aromatic nitrogens is 1. The van der Waals surface area contributed by atoms with E-state index >= 15 is 0 Å². The second kappa shape index (κ2) is 7.59. The summed E-state index contributed by atoms with van der Waals surface area (Å²) >= 11 is 8.86. The van der Waals surface area contributed by atoms with Crippen LogP contribution in [0.25, 0.3) is 10.2 Å². The van der Waals surface area contributed by atoms with Crippen molar-refractivity contribution in [2.75, 3.05) is 5.75 Å². The highest BCUT2D eigenvalue weighted by molar-refractivity contribution is 8.01. The van der Waals surface area contributed by atoms with Gasteiger partial charge in [0.05, 0.1) is 22.2 Å². The van der Waals surface area contributed by atoms with Crippen LogP contribution in [-0.4, -0.2) is 22.9 Å². The predicted octanol–water partition coefficient (Wildman–Crippen LogP) is 4.19. The molecule has 0 saturated carbocycles. The molecule has 3 aromatic rings. The van der Waals surface area contributed by atoms with E-state index in [-0.39, 0.29) is 11.7 Å². The first-order chi connectivity index (χ1) is 11.2. The minimum absolute atomic E-state index is 0.174. The fourth-order valence-corrected chi connectivity index (χ4v) is 3.90. The quantitative estimate of drug-likeness (QED) is 0.421. The minimum Gasteiger partial charge on any atom is -0.272 e. The fraction of sp³-hybridized carbons (Fsp3) is 0.0625. The maximum Gasteiger partial charge on any atom is 0.250 e. The van der Waals surface area contributed by atoms with E-state index in [9.17, 15) is 4.79 Å². The normalized spacial score (nSPS) is 11.2. The van der Waals surface area contributed by atoms with Crippen LogP contribution in [0.15, 0.2) is 58.0 Å². The number of thioether (sulfide) groups is 1. The van der Waals surface area contributed by atoms with Crippen molar-refractivity contribution in [2.24, 2.45) is 5.10 Å². The third-order valence-electron chi connectivity index (χ3n) is 2.85. The molecule has 116 valence electrons. The van der Waals surface area contributed by atoms with Gasteiger partial charge in [0.15, 0.2) is 4.34 Å². The summed E-state index contributed by atoms with van der Waals surface area (Å²) in [5.41, 5.74) is 4.29. The van der Waals surface area contributed by atoms with E-state index in [2.05, 4.69) is 15.5 Å². The lowest BCUT2D eigenvalue weighted by Gasteiger charge is -1.98. The number of halogens is 1. The number of hydrogen-bond donors (Lipinski definition) is 1. The number of carbonyl (C=O) groups excluding carboxylic acids is 1. The SMILES string of the molecule is O=C(CSc1nc2ccccc2s1)NN=Cc1cccc(Cl)c1. The van der Waals surface area contributed by atoms with Crippen molar-refractivity contribution in [3.8, 4) is 0 Å². The average Bonchev–Trinajstić information content (AvgIpc) is 2.96. The Kier molecular flexibility index (Phi) is 5.27. The average molecular weight is 362 g/mol. The lowest BCUT2D eigenvalue weighted by Crippen LogP contribution is -2.19. The summed E-state index contributed by atoms with van der Waals surface area (Å²) < 4.78 is 1.99. The highest BCUT2D eigenvalue weighted by atomic mass is 35.5. The molecule has 0 aliphatic heterocycles. The Labute approximate surface area is 146 Å². The maximum absolute atomic E-state index is 11.8. The van der Waals surface area contributed by atoms with Gasteiger partial charge in [-0.25, -0.2) is 10.4 Å². The van der Waals surface area contributed by atoms with Crippen molar-refractivity contribution in [1.82, 2.24) is 10.4 Å². The summed E-state index contributed by atoms with van der Waals surface area (Å²) in [6.45, 7) is 0. The first-order valence-electron chi connectivity index (χ1n) is 6.76. The molecule has 1 N–H and O–H groups in total. The van der Waals surface area contributed by atoms with Gasteiger partial charge < -0.3 is 0 Å². The van der Waals surface area contributed by atoms with E-state index in [1.54, 1.807) is 29.7 Å². The van der Waals surface area contributed by atoms with E-state index in [0.717, 1.165) is 20.1 Å². The van der Waals surface area contributed by atoms with Gasteiger partial charge in [-0.1, -0.05) is 47.6 Å². The van der Waals surface area contributed by atoms with Crippen molar-refractivity contribution in [2.45, 2.75) is 4.34 Å². The van der Waals surface area contributed by atoms with Gasteiger partial charge in [-0.15, -0.1) is 11.3 Å². The van der Waals surface area contributed by atoms with E-state index in [1.165, 1.54) is 11.8 Å². The molecule has 1 amide bonds. The molecule has 0 aliphatic carbocycles. The molecule has 1 heterocycles. The van der Waals surface area contributed by atoms with Crippen LogP contribution < -0.4 is 5.43 Å². The smallest absolute Gasteiger partial charge is 0.250 e. The lowest BCUT2D eigenvalue weighted by molar-refractivity contribution is -0.118. The van der Waals surface area contributed by atoms with Gasteiger partial charge >= 0.3 is 0 Å². The van der Waals surface area contributed by atoms with Crippen molar-refractivity contribution in [1.29, 1.82) is 0 Å². The molecule has 0 bridgehead atoms. The van der Waals surface area contributed by atoms with E-state index < -0.39 is 0 Å². The summed E-state index contributed by atoms with van der Waals surface area (Å²) in [6, 6.07) is 15.2. The Morgan fingerprint density at radius 2 is 2.17 bits per heavy atom. The van der Waals surface area contributed by atoms with Crippen LogP contribution in [0.4, 0.5) is 0 Å². The number of rotatable bonds is 5. The van der Waals surface area contributed by atoms with Crippen molar-refractivity contribution >= 4 is 57.0 Å². The zero-order chi connectivity index (χ0) is 16.1. The lowest BCUT2D eigenvalue weighted by atomic mass is 10.2. The molecule has 4 nitrogen and oxygen atoms in total. The monoisotopic (exact) mass is 361 g/mol. The number of nitrogens with one attached hydrogen (secondary N) is 1. The highest BCUT2D eigenvalue weighted by Gasteiger charge is 2.06. The molecule has 0 spiro atoms. The van der Waals surface area contributed by atoms with E-state index in [0.29, 0.717) is 5.02 Å². The Bertz CT molecular complexity index is 830. The molecule has 7 heteroatoms. The number of amides is 1. The summed E-state index contributed by atoms with van der Waals surface area (Å²) in [4.78, 5) is 16.3. The number of nitrogens with zero attached hydrogens (tertiary/aromatic N) is 2. The zero-order valence-electron chi connectivity index (χ0n) is 11.9. The van der Waals surface area contributed by atoms with Crippen LogP contribution in [0.5, 0.6) is 0 Å². The van der Waals surface area contributed by atoms with Crippen LogP contribution in [0.3, 0.4) is 0 Å². The molecule has 0 radical (unpaired) electrons. The predicted molar refractivity (Wildman–Crippen MR) is 97.5 cm³/mol. The Morgan fingerprint density at radius 3 is 3.00 bits per heavy atom. The number of hydrazone groups is 1. The van der Waals surface area contributed by atoms with Gasteiger partial charge in [-0.2, -0.15) is 5.10 Å². The molecule has 0 unspecified atom stereocenters. The maximum atomic E-state index is 11.8. The van der Waals surface area contributed by atoms with Gasteiger partial charge in [0.1, 0.15) is 0 Å². The third kappa shape index (κ3) is 4.54. The van der Waals surface area contributed by atoms with E-state index in [4.69, 9.17) is 11.6 Å². The molecule has 2 aromatic carbocycles. The van der Waals surface area contributed by atoms with Crippen molar-refractivity contribution in [3.63, 3.8) is 0 Å². The summed E-state index contributed by atoms with van der Waals surface area (Å²) in [5.74, 6) is 0.0970. The van der Waals surface area contributed by atoms with Gasteiger partial charge in [-0.3, -0.25) is 4.79 Å². The Balaban J connectivity index is 1.51. The molecule has 3 rings (SSSR count). The van der Waals surface area contributed by atoms with Gasteiger partial charge in [0.2, 0.25) is 0 Å². The van der Waals surface area contributed by atoms with Gasteiger partial charge in [0, 0.05) is 5.02 Å². The first-order valence-corrected chi connectivity index (χ1v) is 8.94. The third-order valence-corrected chi connectivity index (χ3v) is 5.27. The minimum atomic E-state index is -0.174. The second-order valence-corrected chi connectivity index (χ2v) is 7.27. The molecule has 0 aliphatic rings. The zero-order valence-corrected chi connectivity index (χ0v) is 14.3. The van der Waals surface area contributed by atoms with Gasteiger partial charge in [-0.05, 0) is 29.8 Å². The summed E-state index contributed by atoms with van der Waals surface area (Å²) in [6.07, 6.45) is 1.56. The topological polar surface area (TPSA) is 54.4 Å². The number of thiazole rings is 1. The Hall–Kier alpha value is -1.89. The van der Waals surface area contributed by atoms with Crippen LogP contribution in [-0.2, 0) is 4.79 Å². The molecule has 0 fully saturated rings. The summed E-state index contributed by atoms with van der Waals surface area (Å²) in [5, 5.41) is 4.56. The molecule has 1 aromatic heterocycles. The fourth-order valence-electron chi connectivity index (χ4n) is 1.84. The van der Waals surface area contributed by atoms with Crippen LogP contribution >= 0.6 is 34.7 Å². The Morgan fingerprint density at radius 1 is 1.30 bits per heavy atom. The number of para-hydroxylation sites is 1. The van der Waals surface area contributed by atoms with E-state index in [1.807, 2.05) is 36.4 Å². The largest absolute Gasteiger partial charge is 0.272 e. The summed E-state index contributed by atoms with van der Waals surface area (Å²) in [7, 11) is 0. The van der Waals surface area contributed by atoms with Crippen LogP contribution in [0.2, 0.25) is 5.02 Å². The number of benzene rings is 2. The molecular formula is C16H12ClN3OS2. The standard InChI is InChI=1S/C16H12ClN3OS2/c17-12-5-3-4-11(8-12)9-18-20-15(21)10-22-16-19-13-6-1-2-7-14(13)23-16/h1-9H,10H2,(H,20,21). The molecule has 0 atom stereocenters. The van der Waals surface area contributed by atoms with Crippen LogP contribution in [0, 0.1) is 0 Å². The molecule has 23 heavy (non-hydrogen) atoms. The van der Waals surface area contributed by atoms with Crippen LogP contribution in [0.1, 0.15) is 5.56 Å².